The molecule has 0 aliphatic rings. The number of nitrogens with one attached hydrogen (secondary N) is 1. The molecule has 1 N–H and O–H groups in total. The molecule has 5 nitrogen and oxygen atoms in total. The number of aromatic nitrogens is 2. The zero-order chi connectivity index (χ0) is 16.4. The normalized spacial score (nSPS) is 10.7. The smallest absolute Gasteiger partial charge is 0.231 e. The summed E-state index contributed by atoms with van der Waals surface area (Å²) in [6.07, 6.45) is 0.224. The molecule has 0 saturated carbocycles. The molecule has 1 amide bonds. The Hall–Kier alpha value is -2.89. The zero-order valence-electron chi connectivity index (χ0n) is 12.8. The Bertz CT molecular complexity index is 856. The summed E-state index contributed by atoms with van der Waals surface area (Å²) in [4.78, 5) is 16.4. The Kier molecular flexibility index (Phi) is 3.97. The molecule has 0 spiro atoms. The first-order chi connectivity index (χ1) is 11.1. The fourth-order valence-corrected chi connectivity index (χ4v) is 2.38. The Balaban J connectivity index is 1.75. The number of benzene rings is 2. The van der Waals surface area contributed by atoms with E-state index in [4.69, 9.17) is 4.74 Å². The molecule has 2 aromatic carbocycles. The topological polar surface area (TPSA) is 56.1 Å². The maximum Gasteiger partial charge on any atom is 0.231 e. The molecular formula is C17H16FN3O2. The Morgan fingerprint density at radius 2 is 2.00 bits per heavy atom. The van der Waals surface area contributed by atoms with Gasteiger partial charge in [-0.2, -0.15) is 0 Å². The van der Waals surface area contributed by atoms with Crippen molar-refractivity contribution in [3.8, 4) is 5.75 Å². The maximum absolute atomic E-state index is 13.2. The number of carbonyl (C=O) groups is 1. The second-order valence-electron chi connectivity index (χ2n) is 5.20. The Morgan fingerprint density at radius 1 is 1.26 bits per heavy atom. The molecule has 0 aliphatic carbocycles. The Morgan fingerprint density at radius 3 is 2.70 bits per heavy atom. The monoisotopic (exact) mass is 313 g/mol. The molecule has 3 rings (SSSR count). The van der Waals surface area contributed by atoms with Gasteiger partial charge in [-0.05, 0) is 29.8 Å². The van der Waals surface area contributed by atoms with E-state index in [1.54, 1.807) is 36.9 Å². The van der Waals surface area contributed by atoms with Crippen molar-refractivity contribution >= 4 is 22.9 Å². The van der Waals surface area contributed by atoms with Gasteiger partial charge in [0.15, 0.2) is 0 Å². The zero-order valence-corrected chi connectivity index (χ0v) is 12.8. The fraction of sp³-hybridized carbons (Fsp3) is 0.176. The third-order valence-corrected chi connectivity index (χ3v) is 3.62. The summed E-state index contributed by atoms with van der Waals surface area (Å²) >= 11 is 0. The minimum Gasteiger partial charge on any atom is -0.497 e. The predicted molar refractivity (Wildman–Crippen MR) is 86.0 cm³/mol. The predicted octanol–water partition coefficient (Wildman–Crippen LogP) is 2.90. The van der Waals surface area contributed by atoms with Crippen LogP contribution in [0.25, 0.3) is 11.0 Å². The van der Waals surface area contributed by atoms with E-state index in [9.17, 15) is 9.18 Å². The first-order valence-electron chi connectivity index (χ1n) is 7.11. The lowest BCUT2D eigenvalue weighted by molar-refractivity contribution is -0.115. The highest BCUT2D eigenvalue weighted by Crippen LogP contribution is 2.19. The highest BCUT2D eigenvalue weighted by molar-refractivity contribution is 5.92. The van der Waals surface area contributed by atoms with Gasteiger partial charge in [-0.15, -0.1) is 0 Å². The van der Waals surface area contributed by atoms with Crippen LogP contribution in [-0.2, 0) is 18.3 Å². The molecule has 3 aromatic rings. The van der Waals surface area contributed by atoms with Gasteiger partial charge in [-0.25, -0.2) is 9.37 Å². The van der Waals surface area contributed by atoms with Crippen LogP contribution in [0.15, 0.2) is 42.5 Å². The van der Waals surface area contributed by atoms with Crippen molar-refractivity contribution in [2.45, 2.75) is 6.42 Å². The highest BCUT2D eigenvalue weighted by Gasteiger charge is 2.12. The summed E-state index contributed by atoms with van der Waals surface area (Å²) in [6, 6.07) is 11.6. The average Bonchev–Trinajstić information content (AvgIpc) is 2.83. The quantitative estimate of drug-likeness (QED) is 0.806. The van der Waals surface area contributed by atoms with Crippen LogP contribution < -0.4 is 10.1 Å². The number of nitrogens with zero attached hydrogens (tertiary/aromatic N) is 2. The largest absolute Gasteiger partial charge is 0.497 e. The van der Waals surface area contributed by atoms with E-state index in [0.29, 0.717) is 11.5 Å². The number of fused-ring (bicyclic) bond motifs is 1. The van der Waals surface area contributed by atoms with Gasteiger partial charge in [-0.1, -0.05) is 12.1 Å². The van der Waals surface area contributed by atoms with Crippen molar-refractivity contribution in [2.24, 2.45) is 7.05 Å². The first-order valence-corrected chi connectivity index (χ1v) is 7.11. The molecule has 0 aliphatic heterocycles. The lowest BCUT2D eigenvalue weighted by atomic mass is 10.1. The van der Waals surface area contributed by atoms with Crippen molar-refractivity contribution in [2.75, 3.05) is 12.4 Å². The van der Waals surface area contributed by atoms with E-state index in [2.05, 4.69) is 10.3 Å². The van der Waals surface area contributed by atoms with Crippen LogP contribution in [0, 0.1) is 5.82 Å². The number of methoxy groups -OCH3 is 1. The second-order valence-corrected chi connectivity index (χ2v) is 5.20. The average molecular weight is 313 g/mol. The molecule has 23 heavy (non-hydrogen) atoms. The molecule has 0 radical (unpaired) electrons. The molecule has 0 bridgehead atoms. The first kappa shape index (κ1) is 15.0. The molecule has 0 fully saturated rings. The lowest BCUT2D eigenvalue weighted by Crippen LogP contribution is -2.17. The van der Waals surface area contributed by atoms with Crippen molar-refractivity contribution in [1.82, 2.24) is 9.55 Å². The van der Waals surface area contributed by atoms with E-state index in [1.165, 1.54) is 12.1 Å². The number of aryl methyl sites for hydroxylation is 1. The van der Waals surface area contributed by atoms with Gasteiger partial charge < -0.3 is 9.30 Å². The molecular weight excluding hydrogens is 297 g/mol. The number of anilines is 1. The minimum absolute atomic E-state index is 0.186. The third-order valence-electron chi connectivity index (χ3n) is 3.62. The third kappa shape index (κ3) is 3.15. The highest BCUT2D eigenvalue weighted by atomic mass is 19.1. The summed E-state index contributed by atoms with van der Waals surface area (Å²) in [5.74, 6) is 0.594. The molecule has 118 valence electrons. The van der Waals surface area contributed by atoms with Crippen molar-refractivity contribution in [1.29, 1.82) is 0 Å². The van der Waals surface area contributed by atoms with Gasteiger partial charge in [0.05, 0.1) is 24.6 Å². The number of imidazole rings is 1. The standard InChI is InChI=1S/C17H16FN3O2/c1-21-15-8-5-12(18)10-14(15)19-17(21)20-16(22)9-11-3-6-13(23-2)7-4-11/h3-8,10H,9H2,1-2H3,(H,19,20,22). The maximum atomic E-state index is 13.2. The molecule has 0 atom stereocenters. The number of ether oxygens (including phenoxy) is 1. The fourth-order valence-electron chi connectivity index (χ4n) is 2.38. The summed E-state index contributed by atoms with van der Waals surface area (Å²) < 4.78 is 20.0. The van der Waals surface area contributed by atoms with Crippen LogP contribution in [0.3, 0.4) is 0 Å². The molecule has 1 heterocycles. The van der Waals surface area contributed by atoms with Gasteiger partial charge in [0.25, 0.3) is 0 Å². The SMILES string of the molecule is COc1ccc(CC(=O)Nc2nc3cc(F)ccc3n2C)cc1. The Labute approximate surface area is 132 Å². The summed E-state index contributed by atoms with van der Waals surface area (Å²) in [6.45, 7) is 0. The van der Waals surface area contributed by atoms with Crippen LogP contribution in [0.2, 0.25) is 0 Å². The summed E-state index contributed by atoms with van der Waals surface area (Å²) in [5, 5.41) is 2.76. The molecule has 0 saturated heterocycles. The van der Waals surface area contributed by atoms with Gasteiger partial charge in [-0.3, -0.25) is 10.1 Å². The van der Waals surface area contributed by atoms with Crippen LogP contribution in [-0.4, -0.2) is 22.6 Å². The summed E-state index contributed by atoms with van der Waals surface area (Å²) in [5.41, 5.74) is 2.13. The van der Waals surface area contributed by atoms with E-state index in [0.717, 1.165) is 16.8 Å². The van der Waals surface area contributed by atoms with Crippen LogP contribution in [0.5, 0.6) is 5.75 Å². The van der Waals surface area contributed by atoms with E-state index in [-0.39, 0.29) is 18.1 Å². The van der Waals surface area contributed by atoms with Crippen molar-refractivity contribution < 1.29 is 13.9 Å². The number of carbonyl (C=O) groups excluding carboxylic acids is 1. The molecule has 0 unspecified atom stereocenters. The summed E-state index contributed by atoms with van der Waals surface area (Å²) in [7, 11) is 3.37. The van der Waals surface area contributed by atoms with Gasteiger partial charge in [0, 0.05) is 13.1 Å². The molecule has 1 aromatic heterocycles. The number of rotatable bonds is 4. The number of hydrogen-bond acceptors (Lipinski definition) is 3. The van der Waals surface area contributed by atoms with E-state index < -0.39 is 0 Å². The van der Waals surface area contributed by atoms with Crippen LogP contribution >= 0.6 is 0 Å². The van der Waals surface area contributed by atoms with Gasteiger partial charge >= 0.3 is 0 Å². The number of halogens is 1. The van der Waals surface area contributed by atoms with Crippen molar-refractivity contribution in [3.63, 3.8) is 0 Å². The second kappa shape index (κ2) is 6.08. The number of hydrogen-bond donors (Lipinski definition) is 1. The van der Waals surface area contributed by atoms with Crippen molar-refractivity contribution in [3.05, 3.63) is 53.8 Å². The lowest BCUT2D eigenvalue weighted by Gasteiger charge is -2.06. The molecule has 6 heteroatoms. The number of amides is 1. The van der Waals surface area contributed by atoms with E-state index >= 15 is 0 Å². The minimum atomic E-state index is -0.355. The van der Waals surface area contributed by atoms with E-state index in [1.807, 2.05) is 12.1 Å². The van der Waals surface area contributed by atoms with Crippen LogP contribution in [0.4, 0.5) is 10.3 Å². The van der Waals surface area contributed by atoms with Crippen LogP contribution in [0.1, 0.15) is 5.56 Å². The van der Waals surface area contributed by atoms with Gasteiger partial charge in [0.2, 0.25) is 11.9 Å². The van der Waals surface area contributed by atoms with Gasteiger partial charge in [0.1, 0.15) is 11.6 Å².